The predicted molar refractivity (Wildman–Crippen MR) is 179 cm³/mol. The first-order chi connectivity index (χ1) is 27.3. The average Bonchev–Trinajstić information content (AvgIpc) is 3.41. The number of carbonyl (C=O) groups is 3. The smallest absolute Gasteiger partial charge is 0.469 e. The van der Waals surface area contributed by atoms with Crippen molar-refractivity contribution >= 4 is 39.2 Å². The van der Waals surface area contributed by atoms with E-state index in [0.29, 0.717) is 0 Å². The molecular formula is C28H43N5O24P2-2. The molecule has 59 heavy (non-hydrogen) atoms. The van der Waals surface area contributed by atoms with Gasteiger partial charge in [-0.15, -0.1) is 0 Å². The molecule has 3 fully saturated rings. The number of aliphatic hydroxyl groups is 8. The van der Waals surface area contributed by atoms with E-state index in [-0.39, 0.29) is 5.82 Å². The van der Waals surface area contributed by atoms with Gasteiger partial charge in [0.25, 0.3) is 7.82 Å². The first kappa shape index (κ1) is 48.5. The molecule has 14 N–H and O–H groups in total. The minimum absolute atomic E-state index is 0.194. The van der Waals surface area contributed by atoms with E-state index in [1.54, 1.807) is 0 Å². The van der Waals surface area contributed by atoms with Crippen LogP contribution >= 0.6 is 15.6 Å². The molecule has 0 spiro atoms. The average molecular weight is 896 g/mol. The molecule has 2 amide bonds. The van der Waals surface area contributed by atoms with Crippen LogP contribution in [0, 0.1) is 0 Å². The van der Waals surface area contributed by atoms with Crippen LogP contribution in [-0.2, 0) is 51.3 Å². The molecule has 0 radical (unpaired) electrons. The summed E-state index contributed by atoms with van der Waals surface area (Å²) in [6, 6.07) is -0.663. The van der Waals surface area contributed by atoms with Gasteiger partial charge in [-0.05, 0) is 6.07 Å². The highest BCUT2D eigenvalue weighted by molar-refractivity contribution is 7.46. The molecule has 0 aliphatic carbocycles. The second kappa shape index (κ2) is 19.3. The minimum Gasteiger partial charge on any atom is -0.756 e. The number of ether oxygens (including phenoxy) is 3. The standard InChI is InChI=1S/C28H45N5O24P2/c1-9(34)31-17-10(35)5-28(26(44)45,57-59(50,51)53-8-14-21(41)23(43)25(55-14)33-3-2-15(29)32-27(33)46)56-24(17)18(38)11(36)6-30-16(37)4-12-19(39)22(42)20(40)13(54-12)7-52-58(47,48)49/h2-3,10-14,17-25,35-36,38-43H,4-8H2,1H3,(H,30,37)(H,31,34)(H,44,45)(H,50,51)(H2,29,32,46)(H2,47,48,49)/p-2/t10?,11-,12+,13?,14?,17?,18-,19?,20+,21?,22-,23?,24?,25?,28?/m1/s1. The van der Waals surface area contributed by atoms with Gasteiger partial charge < -0.3 is 101 Å². The number of aliphatic hydroxyl groups excluding tert-OH is 8. The number of carboxylic acids is 1. The number of nitrogen functional groups attached to an aromatic ring is 1. The number of nitrogens with one attached hydrogen (secondary N) is 2. The lowest BCUT2D eigenvalue weighted by molar-refractivity contribution is -0.377. The molecule has 0 bridgehead atoms. The summed E-state index contributed by atoms with van der Waals surface area (Å²) < 4.78 is 54.3. The lowest BCUT2D eigenvalue weighted by Crippen LogP contribution is -2.69. The monoisotopic (exact) mass is 895 g/mol. The third kappa shape index (κ3) is 12.0. The van der Waals surface area contributed by atoms with Crippen LogP contribution in [-0.4, -0.2) is 183 Å². The lowest BCUT2D eigenvalue weighted by Gasteiger charge is -2.50. The van der Waals surface area contributed by atoms with Gasteiger partial charge in [-0.25, -0.2) is 9.36 Å². The van der Waals surface area contributed by atoms with Gasteiger partial charge >= 0.3 is 13.5 Å². The van der Waals surface area contributed by atoms with E-state index in [4.69, 9.17) is 29.7 Å². The Balaban J connectivity index is 1.44. The van der Waals surface area contributed by atoms with Crippen LogP contribution in [0.15, 0.2) is 17.1 Å². The Morgan fingerprint density at radius 2 is 1.59 bits per heavy atom. The van der Waals surface area contributed by atoms with Crippen LogP contribution in [0.4, 0.5) is 5.82 Å². The van der Waals surface area contributed by atoms with Crippen molar-refractivity contribution in [3.05, 3.63) is 22.7 Å². The summed E-state index contributed by atoms with van der Waals surface area (Å²) in [6.07, 6.45) is -26.5. The number of rotatable bonds is 17. The zero-order valence-electron chi connectivity index (χ0n) is 30.3. The van der Waals surface area contributed by atoms with Crippen LogP contribution in [0.1, 0.15) is 26.0 Å². The Kier molecular flexibility index (Phi) is 15.9. The lowest BCUT2D eigenvalue weighted by atomic mass is 9.88. The second-order valence-corrected chi connectivity index (χ2v) is 16.2. The minimum atomic E-state index is -5.99. The molecule has 29 nitrogen and oxygen atoms in total. The fourth-order valence-electron chi connectivity index (χ4n) is 6.29. The summed E-state index contributed by atoms with van der Waals surface area (Å²) in [7, 11) is -11.1. The molecule has 0 saturated carbocycles. The number of hydrogen-bond acceptors (Lipinski definition) is 24. The highest BCUT2D eigenvalue weighted by atomic mass is 31.2. The fourth-order valence-corrected chi connectivity index (χ4v) is 7.57. The number of phosphoric ester groups is 2. The van der Waals surface area contributed by atoms with Crippen molar-refractivity contribution in [3.63, 3.8) is 0 Å². The molecule has 1 aromatic heterocycles. The Morgan fingerprint density at radius 3 is 2.19 bits per heavy atom. The van der Waals surface area contributed by atoms with Gasteiger partial charge in [0.2, 0.25) is 17.6 Å². The van der Waals surface area contributed by atoms with Crippen molar-refractivity contribution in [2.75, 3.05) is 25.5 Å². The molecule has 16 atom stereocenters. The fraction of sp³-hybridized carbons (Fsp3) is 0.750. The summed E-state index contributed by atoms with van der Waals surface area (Å²) in [4.78, 5) is 83.6. The normalized spacial score (nSPS) is 35.9. The maximum absolute atomic E-state index is 13.0. The second-order valence-electron chi connectivity index (χ2n) is 13.6. The third-order valence-corrected chi connectivity index (χ3v) is 10.7. The van der Waals surface area contributed by atoms with Gasteiger partial charge in [0, 0.05) is 26.1 Å². The molecule has 3 aliphatic rings. The van der Waals surface area contributed by atoms with Crippen molar-refractivity contribution in [1.82, 2.24) is 20.2 Å². The van der Waals surface area contributed by atoms with Gasteiger partial charge in [0.15, 0.2) is 6.23 Å². The van der Waals surface area contributed by atoms with Crippen LogP contribution in [0.3, 0.4) is 0 Å². The van der Waals surface area contributed by atoms with Crippen molar-refractivity contribution < 1.29 is 112 Å². The van der Waals surface area contributed by atoms with E-state index in [9.17, 15) is 79.2 Å². The van der Waals surface area contributed by atoms with Gasteiger partial charge in [0.1, 0.15) is 66.7 Å². The van der Waals surface area contributed by atoms with E-state index < -0.39 is 163 Å². The predicted octanol–water partition coefficient (Wildman–Crippen LogP) is -9.77. The van der Waals surface area contributed by atoms with Crippen LogP contribution in [0.2, 0.25) is 0 Å². The number of amides is 2. The maximum atomic E-state index is 13.0. The molecule has 31 heteroatoms. The number of anilines is 1. The summed E-state index contributed by atoms with van der Waals surface area (Å²) >= 11 is 0. The zero-order valence-corrected chi connectivity index (χ0v) is 32.1. The molecule has 4 rings (SSSR count). The van der Waals surface area contributed by atoms with E-state index in [1.165, 1.54) is 0 Å². The number of nitrogens with two attached hydrogens (primary N) is 1. The van der Waals surface area contributed by atoms with Gasteiger partial charge in [-0.1, -0.05) is 0 Å². The quantitative estimate of drug-likeness (QED) is 0.0646. The van der Waals surface area contributed by atoms with E-state index in [2.05, 4.69) is 29.2 Å². The largest absolute Gasteiger partial charge is 0.756 e. The number of aliphatic carboxylic acids is 1. The van der Waals surface area contributed by atoms with Gasteiger partial charge in [-0.3, -0.25) is 27.8 Å². The van der Waals surface area contributed by atoms with Crippen molar-refractivity contribution in [2.24, 2.45) is 0 Å². The first-order valence-electron chi connectivity index (χ1n) is 17.2. The molecule has 0 aromatic carbocycles. The Morgan fingerprint density at radius 1 is 1.00 bits per heavy atom. The molecular weight excluding hydrogens is 852 g/mol. The van der Waals surface area contributed by atoms with Crippen LogP contribution in [0.25, 0.3) is 0 Å². The van der Waals surface area contributed by atoms with Crippen molar-refractivity contribution in [1.29, 1.82) is 0 Å². The Hall–Kier alpha value is -3.13. The summed E-state index contributed by atoms with van der Waals surface area (Å²) in [5.41, 5.74) is 4.41. The number of hydrogen-bond donors (Lipinski definition) is 13. The van der Waals surface area contributed by atoms with Gasteiger partial charge in [-0.2, -0.15) is 4.98 Å². The number of carbonyl (C=O) groups excluding carboxylic acids is 3. The molecule has 1 aromatic rings. The number of phosphoric acid groups is 2. The van der Waals surface area contributed by atoms with Gasteiger partial charge in [0.05, 0.1) is 44.0 Å². The Labute approximate surface area is 330 Å². The molecule has 3 saturated heterocycles. The molecule has 3 aliphatic heterocycles. The molecule has 11 unspecified atom stereocenters. The topological polar surface area (TPSA) is 474 Å². The van der Waals surface area contributed by atoms with E-state index in [0.717, 1.165) is 23.8 Å². The summed E-state index contributed by atoms with van der Waals surface area (Å²) in [5.74, 6) is -8.26. The van der Waals surface area contributed by atoms with Crippen LogP contribution in [0.5, 0.6) is 0 Å². The highest BCUT2D eigenvalue weighted by Gasteiger charge is 2.54. The number of nitrogens with zero attached hydrogens (tertiary/aromatic N) is 2. The first-order valence-corrected chi connectivity index (χ1v) is 20.1. The molecule has 4 heterocycles. The molecule has 336 valence electrons. The van der Waals surface area contributed by atoms with Crippen LogP contribution < -0.4 is 32.1 Å². The van der Waals surface area contributed by atoms with Crippen molar-refractivity contribution in [2.45, 2.75) is 111 Å². The van der Waals surface area contributed by atoms with E-state index in [1.807, 2.05) is 0 Å². The third-order valence-electron chi connectivity index (χ3n) is 9.22. The Bertz CT molecular complexity index is 1820. The highest BCUT2D eigenvalue weighted by Crippen LogP contribution is 2.48. The maximum Gasteiger partial charge on any atom is 0.469 e. The summed E-state index contributed by atoms with van der Waals surface area (Å²) in [6.45, 7) is -2.21. The van der Waals surface area contributed by atoms with E-state index >= 15 is 0 Å². The summed E-state index contributed by atoms with van der Waals surface area (Å²) in [5, 5.41) is 101. The zero-order chi connectivity index (χ0) is 44.4. The number of aromatic nitrogens is 2. The van der Waals surface area contributed by atoms with Crippen molar-refractivity contribution in [3.8, 4) is 0 Å². The number of carboxylic acid groups (broad SMARTS) is 1. The SMILES string of the molecule is CC(=O)NC1C(O)CC(OP(=O)([O-])OCC2OC(n3ccc(N)nc3=O)C(O)C2O)(C(=O)[O-])OC1[C@H](O)[C@H](O)CNC(=O)C[C@@H]1OC(COP(=O)(O)O)[C@H](O)[C@H](O)C1O.